The average molecular weight is 385 g/mol. The molecule has 29 heavy (non-hydrogen) atoms. The summed E-state index contributed by atoms with van der Waals surface area (Å²) in [4.78, 5) is 24.9. The van der Waals surface area contributed by atoms with Crippen LogP contribution in [0.4, 0.5) is 5.69 Å². The van der Waals surface area contributed by atoms with E-state index in [-0.39, 0.29) is 5.56 Å². The summed E-state index contributed by atoms with van der Waals surface area (Å²) in [6, 6.07) is 24.0. The molecule has 0 radical (unpaired) electrons. The first-order valence-corrected chi connectivity index (χ1v) is 9.19. The molecule has 1 N–H and O–H groups in total. The molecule has 5 nitrogen and oxygen atoms in total. The zero-order valence-electron chi connectivity index (χ0n) is 15.8. The van der Waals surface area contributed by atoms with E-state index in [9.17, 15) is 9.59 Å². The molecule has 144 valence electrons. The number of hydrogen-bond acceptors (Lipinski definition) is 4. The number of methoxy groups -OCH3 is 1. The number of fused-ring (bicyclic) bond motifs is 1. The van der Waals surface area contributed by atoms with Crippen LogP contribution in [0.5, 0.6) is 5.75 Å². The lowest BCUT2D eigenvalue weighted by molar-refractivity contribution is 0.102. The second kappa shape index (κ2) is 8.02. The molecule has 0 saturated heterocycles. The third-order valence-electron chi connectivity index (χ3n) is 4.66. The Kier molecular flexibility index (Phi) is 5.12. The van der Waals surface area contributed by atoms with Gasteiger partial charge in [-0.05, 0) is 35.9 Å². The monoisotopic (exact) mass is 385 g/mol. The van der Waals surface area contributed by atoms with Crippen molar-refractivity contribution in [1.82, 2.24) is 0 Å². The van der Waals surface area contributed by atoms with Crippen LogP contribution in [0.15, 0.2) is 88.1 Å². The molecule has 0 fully saturated rings. The molecular formula is C24H19NO4. The number of para-hydroxylation sites is 1. The van der Waals surface area contributed by atoms with Crippen molar-refractivity contribution in [3.8, 4) is 5.75 Å². The summed E-state index contributed by atoms with van der Waals surface area (Å²) in [5.41, 5.74) is 2.38. The molecule has 0 aliphatic carbocycles. The number of anilines is 1. The number of rotatable bonds is 5. The molecule has 1 heterocycles. The van der Waals surface area contributed by atoms with E-state index in [1.165, 1.54) is 0 Å². The topological polar surface area (TPSA) is 68.5 Å². The largest absolute Gasteiger partial charge is 0.496 e. The number of carbonyl (C=O) groups is 1. The van der Waals surface area contributed by atoms with Crippen molar-refractivity contribution in [3.63, 3.8) is 0 Å². The second-order valence-corrected chi connectivity index (χ2v) is 6.63. The molecule has 0 aliphatic heterocycles. The fraction of sp³-hybridized carbons (Fsp3) is 0.0833. The minimum atomic E-state index is -0.667. The van der Waals surface area contributed by atoms with Gasteiger partial charge in [0.25, 0.3) is 5.91 Å². The number of nitrogens with one attached hydrogen (secondary N) is 1. The fourth-order valence-electron chi connectivity index (χ4n) is 3.23. The van der Waals surface area contributed by atoms with Gasteiger partial charge in [0.15, 0.2) is 0 Å². The Bertz CT molecular complexity index is 1230. The fourth-order valence-corrected chi connectivity index (χ4v) is 3.23. The van der Waals surface area contributed by atoms with Gasteiger partial charge in [-0.2, -0.15) is 0 Å². The van der Waals surface area contributed by atoms with Crippen molar-refractivity contribution in [2.45, 2.75) is 6.42 Å². The van der Waals surface area contributed by atoms with E-state index in [1.54, 1.807) is 43.5 Å². The van der Waals surface area contributed by atoms with E-state index in [1.807, 2.05) is 42.5 Å². The molecule has 4 rings (SSSR count). The summed E-state index contributed by atoms with van der Waals surface area (Å²) in [5.74, 6) is 0.220. The molecule has 1 aromatic heterocycles. The molecule has 0 atom stereocenters. The van der Waals surface area contributed by atoms with Crippen LogP contribution in [0.3, 0.4) is 0 Å². The van der Waals surface area contributed by atoms with Crippen LogP contribution in [0.25, 0.3) is 11.0 Å². The number of carbonyl (C=O) groups excluding carboxylic acids is 1. The number of amides is 1. The highest BCUT2D eigenvalue weighted by molar-refractivity contribution is 6.05. The van der Waals surface area contributed by atoms with E-state index >= 15 is 0 Å². The van der Waals surface area contributed by atoms with Crippen molar-refractivity contribution in [3.05, 3.63) is 106 Å². The minimum Gasteiger partial charge on any atom is -0.496 e. The summed E-state index contributed by atoms with van der Waals surface area (Å²) < 4.78 is 10.7. The van der Waals surface area contributed by atoms with Gasteiger partial charge >= 0.3 is 5.63 Å². The predicted molar refractivity (Wildman–Crippen MR) is 113 cm³/mol. The van der Waals surface area contributed by atoms with E-state index in [2.05, 4.69) is 5.32 Å². The Morgan fingerprint density at radius 3 is 2.52 bits per heavy atom. The lowest BCUT2D eigenvalue weighted by Crippen LogP contribution is -2.20. The predicted octanol–water partition coefficient (Wildman–Crippen LogP) is 4.64. The highest BCUT2D eigenvalue weighted by Crippen LogP contribution is 2.25. The third kappa shape index (κ3) is 4.04. The number of ether oxygens (including phenoxy) is 1. The molecule has 5 heteroatoms. The summed E-state index contributed by atoms with van der Waals surface area (Å²) in [5, 5.41) is 3.48. The van der Waals surface area contributed by atoms with Crippen LogP contribution in [0.2, 0.25) is 0 Å². The molecule has 0 aliphatic rings. The van der Waals surface area contributed by atoms with Crippen molar-refractivity contribution < 1.29 is 13.9 Å². The Morgan fingerprint density at radius 1 is 0.966 bits per heavy atom. The molecule has 0 spiro atoms. The van der Waals surface area contributed by atoms with Crippen molar-refractivity contribution >= 4 is 22.6 Å². The Morgan fingerprint density at radius 2 is 1.72 bits per heavy atom. The lowest BCUT2D eigenvalue weighted by Gasteiger charge is -2.12. The van der Waals surface area contributed by atoms with Gasteiger partial charge in [0, 0.05) is 23.1 Å². The third-order valence-corrected chi connectivity index (χ3v) is 4.66. The SMILES string of the molecule is COc1ccc(NC(=O)c2cc3ccccc3oc2=O)cc1Cc1ccccc1. The van der Waals surface area contributed by atoms with Crippen LogP contribution >= 0.6 is 0 Å². The van der Waals surface area contributed by atoms with E-state index < -0.39 is 11.5 Å². The van der Waals surface area contributed by atoms with Gasteiger partial charge in [0.05, 0.1) is 7.11 Å². The number of benzene rings is 3. The zero-order valence-corrected chi connectivity index (χ0v) is 15.8. The second-order valence-electron chi connectivity index (χ2n) is 6.63. The van der Waals surface area contributed by atoms with Gasteiger partial charge < -0.3 is 14.5 Å². The molecule has 0 bridgehead atoms. The van der Waals surface area contributed by atoms with Gasteiger partial charge in [-0.25, -0.2) is 4.79 Å². The molecule has 3 aromatic carbocycles. The minimum absolute atomic E-state index is 0.0378. The molecule has 0 unspecified atom stereocenters. The van der Waals surface area contributed by atoms with E-state index in [0.717, 1.165) is 16.9 Å². The van der Waals surface area contributed by atoms with Crippen LogP contribution in [0.1, 0.15) is 21.5 Å². The summed E-state index contributed by atoms with van der Waals surface area (Å²) >= 11 is 0. The van der Waals surface area contributed by atoms with Crippen molar-refractivity contribution in [2.24, 2.45) is 0 Å². The number of hydrogen-bond donors (Lipinski definition) is 1. The standard InChI is InChI=1S/C24H19NO4/c1-28-21-12-11-19(14-18(21)13-16-7-3-2-4-8-16)25-23(26)20-15-17-9-5-6-10-22(17)29-24(20)27/h2-12,14-15H,13H2,1H3,(H,25,26). The Labute approximate surface area is 167 Å². The van der Waals surface area contributed by atoms with Gasteiger partial charge in [-0.3, -0.25) is 4.79 Å². The molecule has 0 saturated carbocycles. The highest BCUT2D eigenvalue weighted by Gasteiger charge is 2.15. The Hall–Kier alpha value is -3.86. The van der Waals surface area contributed by atoms with Crippen LogP contribution in [-0.2, 0) is 6.42 Å². The first kappa shape index (κ1) is 18.5. The highest BCUT2D eigenvalue weighted by atomic mass is 16.5. The zero-order chi connectivity index (χ0) is 20.2. The lowest BCUT2D eigenvalue weighted by atomic mass is 10.0. The molecule has 1 amide bonds. The average Bonchev–Trinajstić information content (AvgIpc) is 2.74. The van der Waals surface area contributed by atoms with Crippen molar-refractivity contribution in [1.29, 1.82) is 0 Å². The Balaban J connectivity index is 1.62. The van der Waals surface area contributed by atoms with Crippen LogP contribution < -0.4 is 15.7 Å². The maximum absolute atomic E-state index is 12.7. The summed E-state index contributed by atoms with van der Waals surface area (Å²) in [6.45, 7) is 0. The maximum Gasteiger partial charge on any atom is 0.349 e. The first-order valence-electron chi connectivity index (χ1n) is 9.19. The quantitative estimate of drug-likeness (QED) is 0.508. The van der Waals surface area contributed by atoms with Crippen LogP contribution in [0, 0.1) is 0 Å². The molecular weight excluding hydrogens is 366 g/mol. The van der Waals surface area contributed by atoms with Crippen LogP contribution in [-0.4, -0.2) is 13.0 Å². The van der Waals surface area contributed by atoms with Gasteiger partial charge in [-0.15, -0.1) is 0 Å². The molecule has 4 aromatic rings. The van der Waals surface area contributed by atoms with Gasteiger partial charge in [-0.1, -0.05) is 48.5 Å². The normalized spacial score (nSPS) is 10.7. The van der Waals surface area contributed by atoms with Gasteiger partial charge in [0.2, 0.25) is 0 Å². The van der Waals surface area contributed by atoms with Gasteiger partial charge in [0.1, 0.15) is 16.9 Å². The van der Waals surface area contributed by atoms with E-state index in [4.69, 9.17) is 9.15 Å². The first-order chi connectivity index (χ1) is 14.1. The van der Waals surface area contributed by atoms with E-state index in [0.29, 0.717) is 23.1 Å². The summed E-state index contributed by atoms with van der Waals surface area (Å²) in [7, 11) is 1.61. The summed E-state index contributed by atoms with van der Waals surface area (Å²) in [6.07, 6.45) is 0.659. The van der Waals surface area contributed by atoms with Crippen molar-refractivity contribution in [2.75, 3.05) is 12.4 Å². The maximum atomic E-state index is 12.7. The smallest absolute Gasteiger partial charge is 0.349 e.